The van der Waals surface area contributed by atoms with Crippen LogP contribution < -0.4 is 4.74 Å². The molecular formula is C16H24O6S. The summed E-state index contributed by atoms with van der Waals surface area (Å²) in [5.74, 6) is 0.146. The highest BCUT2D eigenvalue weighted by atomic mass is 32.2. The van der Waals surface area contributed by atoms with Crippen LogP contribution in [0.4, 0.5) is 0 Å². The van der Waals surface area contributed by atoms with Crippen LogP contribution in [0.25, 0.3) is 0 Å². The van der Waals surface area contributed by atoms with Gasteiger partial charge in [0.05, 0.1) is 19.3 Å². The summed E-state index contributed by atoms with van der Waals surface area (Å²) in [7, 11) is -3.89. The number of esters is 1. The molecule has 0 bridgehead atoms. The number of hydrogen-bond acceptors (Lipinski definition) is 6. The van der Waals surface area contributed by atoms with E-state index in [4.69, 9.17) is 13.7 Å². The Kier molecular flexibility index (Phi) is 7.51. The summed E-state index contributed by atoms with van der Waals surface area (Å²) in [6.07, 6.45) is 0.343. The van der Waals surface area contributed by atoms with Crippen LogP contribution in [-0.2, 0) is 23.8 Å². The van der Waals surface area contributed by atoms with Gasteiger partial charge < -0.3 is 9.47 Å². The normalized spacial score (nSPS) is 11.5. The number of benzene rings is 1. The third-order valence-corrected chi connectivity index (χ3v) is 4.39. The molecule has 0 atom stereocenters. The lowest BCUT2D eigenvalue weighted by Gasteiger charge is -2.15. The Labute approximate surface area is 137 Å². The molecular weight excluding hydrogens is 320 g/mol. The monoisotopic (exact) mass is 344 g/mol. The van der Waals surface area contributed by atoms with Gasteiger partial charge in [0.15, 0.2) is 0 Å². The molecule has 0 aromatic heterocycles. The summed E-state index contributed by atoms with van der Waals surface area (Å²) in [4.78, 5) is 11.3. The van der Waals surface area contributed by atoms with Crippen LogP contribution in [0.5, 0.6) is 5.75 Å². The Bertz CT molecular complexity index is 621. The number of ether oxygens (including phenoxy) is 2. The molecule has 130 valence electrons. The maximum atomic E-state index is 12.3. The molecule has 0 radical (unpaired) electrons. The van der Waals surface area contributed by atoms with Crippen molar-refractivity contribution in [2.24, 2.45) is 0 Å². The summed E-state index contributed by atoms with van der Waals surface area (Å²) in [6, 6.07) is 4.80. The van der Waals surface area contributed by atoms with Crippen LogP contribution in [0.3, 0.4) is 0 Å². The highest BCUT2D eigenvalue weighted by Crippen LogP contribution is 2.27. The van der Waals surface area contributed by atoms with Gasteiger partial charge in [-0.2, -0.15) is 8.42 Å². The van der Waals surface area contributed by atoms with Gasteiger partial charge in [-0.3, -0.25) is 8.98 Å². The van der Waals surface area contributed by atoms with Gasteiger partial charge in [0.2, 0.25) is 0 Å². The lowest BCUT2D eigenvalue weighted by Crippen LogP contribution is -2.13. The molecule has 0 N–H and O–H groups in total. The van der Waals surface area contributed by atoms with Crippen molar-refractivity contribution < 1.29 is 26.9 Å². The average Bonchev–Trinajstić information content (AvgIpc) is 2.45. The Hall–Kier alpha value is -1.60. The molecule has 7 heteroatoms. The topological polar surface area (TPSA) is 78.9 Å². The fraction of sp³-hybridized carbons (Fsp3) is 0.562. The van der Waals surface area contributed by atoms with Crippen LogP contribution in [0.1, 0.15) is 39.2 Å². The minimum absolute atomic E-state index is 0.0582. The summed E-state index contributed by atoms with van der Waals surface area (Å²) in [5, 5.41) is 0. The average molecular weight is 344 g/mol. The molecule has 23 heavy (non-hydrogen) atoms. The molecule has 0 spiro atoms. The predicted octanol–water partition coefficient (Wildman–Crippen LogP) is 2.83. The molecule has 1 rings (SSSR count). The minimum Gasteiger partial charge on any atom is -0.491 e. The van der Waals surface area contributed by atoms with Crippen LogP contribution in [0.2, 0.25) is 0 Å². The van der Waals surface area contributed by atoms with E-state index in [1.807, 2.05) is 13.8 Å². The van der Waals surface area contributed by atoms with Gasteiger partial charge >= 0.3 is 5.97 Å². The van der Waals surface area contributed by atoms with Gasteiger partial charge in [0.25, 0.3) is 10.1 Å². The first-order valence-corrected chi connectivity index (χ1v) is 9.00. The zero-order valence-electron chi connectivity index (χ0n) is 14.0. The van der Waals surface area contributed by atoms with E-state index in [1.54, 1.807) is 26.0 Å². The van der Waals surface area contributed by atoms with Crippen molar-refractivity contribution in [3.63, 3.8) is 0 Å². The molecule has 0 unspecified atom stereocenters. The maximum Gasteiger partial charge on any atom is 0.305 e. The third kappa shape index (κ3) is 6.19. The van der Waals surface area contributed by atoms with Crippen LogP contribution >= 0.6 is 0 Å². The van der Waals surface area contributed by atoms with E-state index in [2.05, 4.69) is 0 Å². The van der Waals surface area contributed by atoms with E-state index in [0.29, 0.717) is 17.9 Å². The number of rotatable bonds is 9. The molecule has 0 saturated heterocycles. The number of hydrogen-bond donors (Lipinski definition) is 0. The van der Waals surface area contributed by atoms with Gasteiger partial charge in [-0.25, -0.2) is 0 Å². The Morgan fingerprint density at radius 3 is 2.57 bits per heavy atom. The first-order chi connectivity index (χ1) is 10.8. The Morgan fingerprint density at radius 1 is 1.26 bits per heavy atom. The van der Waals surface area contributed by atoms with Crippen molar-refractivity contribution in [2.75, 3.05) is 13.2 Å². The third-order valence-electron chi connectivity index (χ3n) is 2.94. The van der Waals surface area contributed by atoms with E-state index < -0.39 is 10.1 Å². The van der Waals surface area contributed by atoms with Gasteiger partial charge in [-0.15, -0.1) is 0 Å². The zero-order valence-corrected chi connectivity index (χ0v) is 14.8. The first kappa shape index (κ1) is 19.4. The molecule has 0 aliphatic carbocycles. The van der Waals surface area contributed by atoms with E-state index in [1.165, 1.54) is 6.07 Å². The van der Waals surface area contributed by atoms with Crippen LogP contribution in [0.15, 0.2) is 23.1 Å². The summed E-state index contributed by atoms with van der Waals surface area (Å²) < 4.78 is 39.9. The maximum absolute atomic E-state index is 12.3. The second-order valence-electron chi connectivity index (χ2n) is 5.23. The number of carbonyl (C=O) groups is 1. The summed E-state index contributed by atoms with van der Waals surface area (Å²) in [5.41, 5.74) is 0.506. The standard InChI is InChI=1S/C16H24O6S/c1-5-20-16(17)10-7-11-21-23(18,19)15-9-6-8-14(13(15)4)22-12(2)3/h6,8-9,12H,5,7,10-11H2,1-4H3. The van der Waals surface area contributed by atoms with Gasteiger partial charge in [0.1, 0.15) is 10.6 Å². The molecule has 1 aromatic carbocycles. The smallest absolute Gasteiger partial charge is 0.305 e. The Morgan fingerprint density at radius 2 is 1.96 bits per heavy atom. The quantitative estimate of drug-likeness (QED) is 0.389. The second kappa shape index (κ2) is 8.88. The van der Waals surface area contributed by atoms with Gasteiger partial charge in [-0.1, -0.05) is 6.07 Å². The van der Waals surface area contributed by atoms with Crippen molar-refractivity contribution in [2.45, 2.75) is 51.5 Å². The first-order valence-electron chi connectivity index (χ1n) is 7.59. The molecule has 0 amide bonds. The van der Waals surface area contributed by atoms with Gasteiger partial charge in [-0.05, 0) is 46.2 Å². The van der Waals surface area contributed by atoms with Crippen molar-refractivity contribution in [3.05, 3.63) is 23.8 Å². The van der Waals surface area contributed by atoms with Crippen LogP contribution in [-0.4, -0.2) is 33.7 Å². The zero-order chi connectivity index (χ0) is 17.5. The SMILES string of the molecule is CCOC(=O)CCCOS(=O)(=O)c1cccc(OC(C)C)c1C. The largest absolute Gasteiger partial charge is 0.491 e. The van der Waals surface area contributed by atoms with E-state index in [9.17, 15) is 13.2 Å². The lowest BCUT2D eigenvalue weighted by atomic mass is 10.2. The van der Waals surface area contributed by atoms with Crippen molar-refractivity contribution in [1.29, 1.82) is 0 Å². The second-order valence-corrected chi connectivity index (χ2v) is 6.81. The molecule has 6 nitrogen and oxygen atoms in total. The molecule has 0 heterocycles. The van der Waals surface area contributed by atoms with Crippen molar-refractivity contribution in [3.8, 4) is 5.75 Å². The van der Waals surface area contributed by atoms with E-state index in [-0.39, 0.29) is 36.4 Å². The highest BCUT2D eigenvalue weighted by Gasteiger charge is 2.20. The number of carbonyl (C=O) groups excluding carboxylic acids is 1. The van der Waals surface area contributed by atoms with E-state index in [0.717, 1.165) is 0 Å². The molecule has 0 aliphatic heterocycles. The minimum atomic E-state index is -3.89. The van der Waals surface area contributed by atoms with Gasteiger partial charge in [0, 0.05) is 12.0 Å². The molecule has 0 saturated carbocycles. The predicted molar refractivity (Wildman–Crippen MR) is 85.9 cm³/mol. The summed E-state index contributed by atoms with van der Waals surface area (Å²) >= 11 is 0. The van der Waals surface area contributed by atoms with Crippen molar-refractivity contribution >= 4 is 16.1 Å². The Balaban J connectivity index is 2.71. The molecule has 1 aromatic rings. The fourth-order valence-electron chi connectivity index (χ4n) is 1.93. The highest BCUT2D eigenvalue weighted by molar-refractivity contribution is 7.86. The fourth-order valence-corrected chi connectivity index (χ4v) is 3.11. The lowest BCUT2D eigenvalue weighted by molar-refractivity contribution is -0.143. The molecule has 0 aliphatic rings. The van der Waals surface area contributed by atoms with Crippen molar-refractivity contribution in [1.82, 2.24) is 0 Å². The van der Waals surface area contributed by atoms with E-state index >= 15 is 0 Å². The summed E-state index contributed by atoms with van der Waals surface area (Å²) in [6.45, 7) is 7.36. The van der Waals surface area contributed by atoms with Crippen LogP contribution in [0, 0.1) is 6.92 Å². The molecule has 0 fully saturated rings.